The molecule has 0 spiro atoms. The summed E-state index contributed by atoms with van der Waals surface area (Å²) >= 11 is 11.7. The molecule has 0 amide bonds. The number of benzene rings is 1. The van der Waals surface area contributed by atoms with Gasteiger partial charge in [0, 0.05) is 23.5 Å². The minimum absolute atomic E-state index is 0.434. The first-order chi connectivity index (χ1) is 6.74. The van der Waals surface area contributed by atoms with Gasteiger partial charge >= 0.3 is 0 Å². The average Bonchev–Trinajstić information content (AvgIpc) is 2.17. The Hall–Kier alpha value is -0.240. The van der Waals surface area contributed by atoms with Crippen LogP contribution in [0.2, 0.25) is 5.02 Å². The molecule has 1 N–H and O–H groups in total. The minimum Gasteiger partial charge on any atom is -0.310 e. The molecule has 0 saturated heterocycles. The summed E-state index contributed by atoms with van der Waals surface area (Å²) in [4.78, 5) is 0. The first-order valence-electron chi connectivity index (χ1n) is 4.76. The maximum Gasteiger partial charge on any atom is 0.0450 e. The number of nitrogens with one attached hydrogen (secondary N) is 1. The van der Waals surface area contributed by atoms with Crippen LogP contribution in [0.4, 0.5) is 0 Å². The number of alkyl halides is 1. The van der Waals surface area contributed by atoms with Crippen molar-refractivity contribution in [1.29, 1.82) is 0 Å². The molecular formula is C11H15Cl2N. The van der Waals surface area contributed by atoms with Crippen LogP contribution in [-0.4, -0.2) is 11.9 Å². The van der Waals surface area contributed by atoms with Crippen molar-refractivity contribution in [3.8, 4) is 0 Å². The molecule has 1 aromatic carbocycles. The van der Waals surface area contributed by atoms with Crippen LogP contribution in [0.15, 0.2) is 24.3 Å². The number of rotatable bonds is 5. The van der Waals surface area contributed by atoms with Gasteiger partial charge in [0.05, 0.1) is 0 Å². The highest BCUT2D eigenvalue weighted by atomic mass is 35.5. The van der Waals surface area contributed by atoms with Gasteiger partial charge in [0.1, 0.15) is 0 Å². The predicted octanol–water partition coefficient (Wildman–Crippen LogP) is 3.45. The lowest BCUT2D eigenvalue weighted by molar-refractivity contribution is 0.536. The van der Waals surface area contributed by atoms with Crippen molar-refractivity contribution in [2.75, 3.05) is 5.88 Å². The maximum atomic E-state index is 6.02. The number of hydrogen-bond donors (Lipinski definition) is 1. The highest BCUT2D eigenvalue weighted by Gasteiger charge is 2.02. The third kappa shape index (κ3) is 3.87. The molecule has 0 saturated carbocycles. The van der Waals surface area contributed by atoms with Crippen LogP contribution in [0.5, 0.6) is 0 Å². The molecule has 78 valence electrons. The van der Waals surface area contributed by atoms with Gasteiger partial charge < -0.3 is 5.32 Å². The van der Waals surface area contributed by atoms with Crippen LogP contribution in [0.1, 0.15) is 18.9 Å². The smallest absolute Gasteiger partial charge is 0.0450 e. The van der Waals surface area contributed by atoms with Gasteiger partial charge in [-0.1, -0.05) is 29.8 Å². The molecule has 0 aliphatic rings. The lowest BCUT2D eigenvalue weighted by atomic mass is 10.2. The molecule has 1 nitrogen and oxygen atoms in total. The largest absolute Gasteiger partial charge is 0.310 e. The van der Waals surface area contributed by atoms with Crippen LogP contribution < -0.4 is 5.32 Å². The van der Waals surface area contributed by atoms with E-state index in [4.69, 9.17) is 23.2 Å². The van der Waals surface area contributed by atoms with Crippen LogP contribution in [-0.2, 0) is 6.54 Å². The van der Waals surface area contributed by atoms with Gasteiger partial charge in [-0.25, -0.2) is 0 Å². The zero-order valence-corrected chi connectivity index (χ0v) is 9.78. The lowest BCUT2D eigenvalue weighted by Crippen LogP contribution is -2.25. The topological polar surface area (TPSA) is 12.0 Å². The fourth-order valence-corrected chi connectivity index (χ4v) is 1.72. The Bertz CT molecular complexity index is 276. The number of hydrogen-bond acceptors (Lipinski definition) is 1. The van der Waals surface area contributed by atoms with E-state index >= 15 is 0 Å². The van der Waals surface area contributed by atoms with Crippen molar-refractivity contribution in [2.24, 2.45) is 0 Å². The van der Waals surface area contributed by atoms with Gasteiger partial charge in [-0.15, -0.1) is 11.6 Å². The fourth-order valence-electron chi connectivity index (χ4n) is 1.19. The quantitative estimate of drug-likeness (QED) is 0.766. The predicted molar refractivity (Wildman–Crippen MR) is 63.1 cm³/mol. The zero-order valence-electron chi connectivity index (χ0n) is 8.26. The highest BCUT2D eigenvalue weighted by Crippen LogP contribution is 2.14. The summed E-state index contributed by atoms with van der Waals surface area (Å²) in [6, 6.07) is 8.31. The molecule has 0 bridgehead atoms. The molecule has 0 fully saturated rings. The van der Waals surface area contributed by atoms with Gasteiger partial charge in [0.2, 0.25) is 0 Å². The van der Waals surface area contributed by atoms with E-state index in [1.54, 1.807) is 0 Å². The summed E-state index contributed by atoms with van der Waals surface area (Å²) in [7, 11) is 0. The van der Waals surface area contributed by atoms with Gasteiger partial charge in [0.15, 0.2) is 0 Å². The maximum absolute atomic E-state index is 6.02. The lowest BCUT2D eigenvalue weighted by Gasteiger charge is -2.12. The van der Waals surface area contributed by atoms with Gasteiger partial charge in [-0.3, -0.25) is 0 Å². The second-order valence-electron chi connectivity index (χ2n) is 3.35. The summed E-state index contributed by atoms with van der Waals surface area (Å²) in [5.74, 6) is 0.691. The Morgan fingerprint density at radius 2 is 2.07 bits per heavy atom. The Balaban J connectivity index is 2.41. The molecule has 0 aromatic heterocycles. The standard InChI is InChI=1S/C11H15Cl2N/c1-9(6-7-12)14-8-10-4-2-3-5-11(10)13/h2-5,9,14H,6-8H2,1H3. The van der Waals surface area contributed by atoms with Crippen molar-refractivity contribution < 1.29 is 0 Å². The molecule has 14 heavy (non-hydrogen) atoms. The normalized spacial score (nSPS) is 12.8. The van der Waals surface area contributed by atoms with E-state index in [-0.39, 0.29) is 0 Å². The van der Waals surface area contributed by atoms with Crippen molar-refractivity contribution in [3.05, 3.63) is 34.9 Å². The molecule has 3 heteroatoms. The Morgan fingerprint density at radius 1 is 1.36 bits per heavy atom. The van der Waals surface area contributed by atoms with E-state index in [1.807, 2.05) is 24.3 Å². The van der Waals surface area contributed by atoms with E-state index in [0.717, 1.165) is 23.6 Å². The second-order valence-corrected chi connectivity index (χ2v) is 4.14. The zero-order chi connectivity index (χ0) is 10.4. The summed E-state index contributed by atoms with van der Waals surface area (Å²) in [6.07, 6.45) is 0.978. The van der Waals surface area contributed by atoms with Crippen LogP contribution >= 0.6 is 23.2 Å². The molecule has 1 rings (SSSR count). The molecule has 0 aliphatic carbocycles. The number of halogens is 2. The van der Waals surface area contributed by atoms with Crippen LogP contribution in [0.25, 0.3) is 0 Å². The molecule has 0 heterocycles. The van der Waals surface area contributed by atoms with Crippen molar-refractivity contribution in [2.45, 2.75) is 25.9 Å². The SMILES string of the molecule is CC(CCCl)NCc1ccccc1Cl. The van der Waals surface area contributed by atoms with E-state index in [2.05, 4.69) is 12.2 Å². The molecule has 0 radical (unpaired) electrons. The third-order valence-electron chi connectivity index (χ3n) is 2.14. The average molecular weight is 232 g/mol. The molecule has 1 unspecified atom stereocenters. The molecule has 1 aromatic rings. The van der Waals surface area contributed by atoms with E-state index in [9.17, 15) is 0 Å². The first-order valence-corrected chi connectivity index (χ1v) is 5.68. The van der Waals surface area contributed by atoms with Gasteiger partial charge in [0.25, 0.3) is 0 Å². The minimum atomic E-state index is 0.434. The second kappa shape index (κ2) is 6.28. The van der Waals surface area contributed by atoms with Crippen LogP contribution in [0.3, 0.4) is 0 Å². The van der Waals surface area contributed by atoms with Crippen LogP contribution in [0, 0.1) is 0 Å². The first kappa shape index (κ1) is 11.8. The van der Waals surface area contributed by atoms with E-state index in [1.165, 1.54) is 0 Å². The third-order valence-corrected chi connectivity index (χ3v) is 2.73. The Labute approximate surface area is 95.4 Å². The fraction of sp³-hybridized carbons (Fsp3) is 0.455. The van der Waals surface area contributed by atoms with Crippen molar-refractivity contribution in [1.82, 2.24) is 5.32 Å². The van der Waals surface area contributed by atoms with Gasteiger partial charge in [-0.2, -0.15) is 0 Å². The molecule has 0 aliphatic heterocycles. The highest BCUT2D eigenvalue weighted by molar-refractivity contribution is 6.31. The molecular weight excluding hydrogens is 217 g/mol. The van der Waals surface area contributed by atoms with Crippen molar-refractivity contribution in [3.63, 3.8) is 0 Å². The molecule has 1 atom stereocenters. The summed E-state index contributed by atoms with van der Waals surface area (Å²) in [6.45, 7) is 2.93. The van der Waals surface area contributed by atoms with Gasteiger partial charge in [-0.05, 0) is 25.0 Å². The van der Waals surface area contributed by atoms with Crippen molar-refractivity contribution >= 4 is 23.2 Å². The summed E-state index contributed by atoms with van der Waals surface area (Å²) in [5.41, 5.74) is 1.13. The Kier molecular flexibility index (Phi) is 5.31. The summed E-state index contributed by atoms with van der Waals surface area (Å²) in [5, 5.41) is 4.19. The summed E-state index contributed by atoms with van der Waals surface area (Å²) < 4.78 is 0. The Morgan fingerprint density at radius 3 is 2.71 bits per heavy atom. The monoisotopic (exact) mass is 231 g/mol. The van der Waals surface area contributed by atoms with E-state index in [0.29, 0.717) is 11.9 Å². The van der Waals surface area contributed by atoms with E-state index < -0.39 is 0 Å².